The second-order valence-electron chi connectivity index (χ2n) is 1.22. The summed E-state index contributed by atoms with van der Waals surface area (Å²) in [5.41, 5.74) is 0. The normalized spacial score (nSPS) is 9.25. The molecule has 0 aliphatic carbocycles. The van der Waals surface area contributed by atoms with Crippen LogP contribution in [0.25, 0.3) is 0 Å². The van der Waals surface area contributed by atoms with Crippen LogP contribution in [0.1, 0.15) is 6.92 Å². The first-order valence-corrected chi connectivity index (χ1v) is 3.35. The molecule has 5 heteroatoms. The molecule has 0 aromatic rings. The molecule has 0 aliphatic heterocycles. The average molecular weight is 137 g/mol. The third-order valence-corrected chi connectivity index (χ3v) is 0.873. The molecule has 0 spiro atoms. The summed E-state index contributed by atoms with van der Waals surface area (Å²) in [6.07, 6.45) is 0. The highest BCUT2D eigenvalue weighted by atomic mass is 32.2. The van der Waals surface area contributed by atoms with Gasteiger partial charge in [0.15, 0.2) is 10.7 Å². The summed E-state index contributed by atoms with van der Waals surface area (Å²) in [7, 11) is -2.46. The third kappa shape index (κ3) is 5.42. The maximum atomic E-state index is 9.97. The molecule has 1 amide bonds. The minimum Gasteiger partial charge on any atom is -0.343 e. The number of carbonyl (C=O) groups is 1. The molecule has 48 valence electrons. The van der Waals surface area contributed by atoms with Gasteiger partial charge in [-0.15, -0.1) is 0 Å². The van der Waals surface area contributed by atoms with Crippen LogP contribution >= 0.6 is 0 Å². The van der Waals surface area contributed by atoms with E-state index in [0.29, 0.717) is 0 Å². The molecule has 8 heavy (non-hydrogen) atoms. The zero-order valence-electron chi connectivity index (χ0n) is 4.38. The molecule has 0 aliphatic rings. The van der Waals surface area contributed by atoms with E-state index in [-0.39, 0.29) is 11.8 Å². The van der Waals surface area contributed by atoms with Crippen LogP contribution in [-0.2, 0) is 15.5 Å². The highest BCUT2D eigenvalue weighted by Gasteiger charge is 1.87. The van der Waals surface area contributed by atoms with Crippen LogP contribution < -0.4 is 5.32 Å². The van der Waals surface area contributed by atoms with Gasteiger partial charge in [0.25, 0.3) is 0 Å². The van der Waals surface area contributed by atoms with E-state index >= 15 is 0 Å². The first kappa shape index (κ1) is 7.42. The van der Waals surface area contributed by atoms with Crippen LogP contribution in [0.3, 0.4) is 0 Å². The fraction of sp³-hybridized carbons (Fsp3) is 0.667. The molecule has 0 atom stereocenters. The fourth-order valence-corrected chi connectivity index (χ4v) is 0.528. The van der Waals surface area contributed by atoms with Gasteiger partial charge in [0.2, 0.25) is 5.91 Å². The van der Waals surface area contributed by atoms with Crippen LogP contribution in [0, 0.1) is 0 Å². The minimum atomic E-state index is -2.46. The molecule has 1 N–H and O–H groups in total. The topological polar surface area (TPSA) is 63.2 Å². The summed E-state index contributed by atoms with van der Waals surface area (Å²) < 4.78 is 19.5. The van der Waals surface area contributed by atoms with Crippen LogP contribution in [0.5, 0.6) is 0 Å². The van der Waals surface area contributed by atoms with Gasteiger partial charge in [0.1, 0.15) is 5.88 Å². The van der Waals surface area contributed by atoms with E-state index < -0.39 is 10.7 Å². The average Bonchev–Trinajstić information content (AvgIpc) is 1.61. The molecule has 0 saturated carbocycles. The zero-order chi connectivity index (χ0) is 6.57. The number of carbonyl (C=O) groups excluding carboxylic acids is 1. The van der Waals surface area contributed by atoms with E-state index in [1.54, 1.807) is 0 Å². The van der Waals surface area contributed by atoms with Crippen molar-refractivity contribution in [1.29, 1.82) is 0 Å². The van der Waals surface area contributed by atoms with Gasteiger partial charge in [-0.1, -0.05) is 0 Å². The van der Waals surface area contributed by atoms with Gasteiger partial charge in [0.05, 0.1) is 0 Å². The monoisotopic (exact) mass is 137 g/mol. The summed E-state index contributed by atoms with van der Waals surface area (Å²) in [5.74, 6) is -0.589. The highest BCUT2D eigenvalue weighted by molar-refractivity contribution is 7.72. The lowest BCUT2D eigenvalue weighted by Crippen LogP contribution is -2.21. The molecule has 0 rings (SSSR count). The second-order valence-corrected chi connectivity index (χ2v) is 2.21. The maximum absolute atomic E-state index is 9.97. The lowest BCUT2D eigenvalue weighted by atomic mass is 10.7. The SMILES string of the molecule is CC(=O)NC[SH](=O)=O. The van der Waals surface area contributed by atoms with Crippen molar-refractivity contribution in [2.75, 3.05) is 5.88 Å². The van der Waals surface area contributed by atoms with Crippen molar-refractivity contribution in [3.8, 4) is 0 Å². The quantitative estimate of drug-likeness (QED) is 0.464. The van der Waals surface area contributed by atoms with Crippen molar-refractivity contribution >= 4 is 16.6 Å². The van der Waals surface area contributed by atoms with Gasteiger partial charge in [0, 0.05) is 6.92 Å². The summed E-state index contributed by atoms with van der Waals surface area (Å²) in [5, 5.41) is 2.11. The van der Waals surface area contributed by atoms with Crippen molar-refractivity contribution in [2.45, 2.75) is 6.92 Å². The first-order valence-electron chi connectivity index (χ1n) is 1.99. The van der Waals surface area contributed by atoms with Gasteiger partial charge in [-0.05, 0) is 0 Å². The Kier molecular flexibility index (Phi) is 3.18. The summed E-state index contributed by atoms with van der Waals surface area (Å²) >= 11 is 0. The molecule has 0 unspecified atom stereocenters. The van der Waals surface area contributed by atoms with Gasteiger partial charge in [-0.2, -0.15) is 0 Å². The van der Waals surface area contributed by atoms with Gasteiger partial charge in [-0.25, -0.2) is 8.42 Å². The largest absolute Gasteiger partial charge is 0.343 e. The molecule has 0 aromatic heterocycles. The third-order valence-electron chi connectivity index (χ3n) is 0.457. The molecule has 0 fully saturated rings. The maximum Gasteiger partial charge on any atom is 0.217 e. The van der Waals surface area contributed by atoms with Gasteiger partial charge in [-0.3, -0.25) is 4.79 Å². The number of nitrogens with one attached hydrogen (secondary N) is 1. The molecule has 0 bridgehead atoms. The predicted molar refractivity (Wildman–Crippen MR) is 29.0 cm³/mol. The standard InChI is InChI=1S/C3H7NO3S/c1-3(5)4-2-8(6)7/h8H,2H2,1H3,(H,4,5). The number of hydrogen-bond donors (Lipinski definition) is 2. The molecule has 0 saturated heterocycles. The lowest BCUT2D eigenvalue weighted by Gasteiger charge is -1.89. The Hall–Kier alpha value is -0.580. The number of thiol groups is 1. The number of rotatable bonds is 2. The fourth-order valence-electron chi connectivity index (χ4n) is 0.176. The first-order chi connectivity index (χ1) is 3.63. The van der Waals surface area contributed by atoms with Crippen LogP contribution in [-0.4, -0.2) is 20.2 Å². The van der Waals surface area contributed by atoms with Crippen LogP contribution in [0.15, 0.2) is 0 Å². The van der Waals surface area contributed by atoms with E-state index in [0.717, 1.165) is 0 Å². The van der Waals surface area contributed by atoms with E-state index in [4.69, 9.17) is 0 Å². The van der Waals surface area contributed by atoms with Crippen LogP contribution in [0.2, 0.25) is 0 Å². The Bertz CT molecular complexity index is 143. The minimum absolute atomic E-state index is 0.259. The number of hydrogen-bond acceptors (Lipinski definition) is 3. The van der Waals surface area contributed by atoms with E-state index in [1.807, 2.05) is 0 Å². The number of amides is 1. The Morgan fingerprint density at radius 1 is 1.62 bits per heavy atom. The lowest BCUT2D eigenvalue weighted by molar-refractivity contribution is -0.118. The molecule has 0 aromatic carbocycles. The Morgan fingerprint density at radius 2 is 2.12 bits per heavy atom. The summed E-state index contributed by atoms with van der Waals surface area (Å²) in [4.78, 5) is 9.97. The molecule has 0 radical (unpaired) electrons. The Balaban J connectivity index is 3.32. The molecule has 4 nitrogen and oxygen atoms in total. The zero-order valence-corrected chi connectivity index (χ0v) is 5.27. The predicted octanol–water partition coefficient (Wildman–Crippen LogP) is -1.31. The Labute approximate surface area is 48.8 Å². The summed E-state index contributed by atoms with van der Waals surface area (Å²) in [6.45, 7) is 1.26. The van der Waals surface area contributed by atoms with E-state index in [9.17, 15) is 13.2 Å². The van der Waals surface area contributed by atoms with Crippen molar-refractivity contribution < 1.29 is 13.2 Å². The van der Waals surface area contributed by atoms with Gasteiger partial charge >= 0.3 is 0 Å². The van der Waals surface area contributed by atoms with E-state index in [1.165, 1.54) is 6.92 Å². The van der Waals surface area contributed by atoms with Crippen molar-refractivity contribution in [2.24, 2.45) is 0 Å². The molecule has 0 heterocycles. The smallest absolute Gasteiger partial charge is 0.217 e. The highest BCUT2D eigenvalue weighted by Crippen LogP contribution is 1.59. The van der Waals surface area contributed by atoms with Crippen molar-refractivity contribution in [3.63, 3.8) is 0 Å². The summed E-state index contributed by atoms with van der Waals surface area (Å²) in [6, 6.07) is 0. The van der Waals surface area contributed by atoms with Crippen LogP contribution in [0.4, 0.5) is 0 Å². The Morgan fingerprint density at radius 3 is 2.25 bits per heavy atom. The second kappa shape index (κ2) is 3.43. The molecular weight excluding hydrogens is 130 g/mol. The van der Waals surface area contributed by atoms with Gasteiger partial charge < -0.3 is 5.32 Å². The van der Waals surface area contributed by atoms with Crippen molar-refractivity contribution in [1.82, 2.24) is 5.32 Å². The van der Waals surface area contributed by atoms with Crippen molar-refractivity contribution in [3.05, 3.63) is 0 Å². The van der Waals surface area contributed by atoms with E-state index in [2.05, 4.69) is 5.32 Å². The molecular formula is C3H7NO3S.